The van der Waals surface area contributed by atoms with Crippen LogP contribution in [0, 0.1) is 22.7 Å². The SMILES string of the molecule is C=C[C@](C)(O)[C@@H]1C[C@@H]2[C@]3(C)CCCC(C)(C)[C@@H]3[C@H](O)[C@@H](O)[C@]2(C)O1. The van der Waals surface area contributed by atoms with E-state index < -0.39 is 29.5 Å². The van der Waals surface area contributed by atoms with E-state index in [-0.39, 0.29) is 22.7 Å². The van der Waals surface area contributed by atoms with Crippen LogP contribution in [0.4, 0.5) is 0 Å². The standard InChI is InChI=1S/C20H34O4/c1-7-19(5,23)13-11-12-18(4)10-8-9-17(2,3)15(18)14(21)16(22)20(12,6)24-13/h7,12-16,21-23H,1,8-11H2,2-6H3/t12-,13+,14+,15+,16-,18+,19+,20-/m1/s1. The fraction of sp³-hybridized carbons (Fsp3) is 0.900. The van der Waals surface area contributed by atoms with Gasteiger partial charge in [-0.05, 0) is 55.8 Å². The highest BCUT2D eigenvalue weighted by Crippen LogP contribution is 2.66. The highest BCUT2D eigenvalue weighted by atomic mass is 16.5. The molecule has 3 fully saturated rings. The first-order valence-electron chi connectivity index (χ1n) is 9.30. The van der Waals surface area contributed by atoms with E-state index in [1.165, 1.54) is 6.08 Å². The van der Waals surface area contributed by atoms with Crippen LogP contribution in [-0.2, 0) is 4.74 Å². The number of hydrogen-bond acceptors (Lipinski definition) is 4. The quantitative estimate of drug-likeness (QED) is 0.677. The summed E-state index contributed by atoms with van der Waals surface area (Å²) in [6, 6.07) is 0. The van der Waals surface area contributed by atoms with Gasteiger partial charge in [-0.15, -0.1) is 6.58 Å². The molecule has 4 heteroatoms. The molecule has 2 aliphatic carbocycles. The summed E-state index contributed by atoms with van der Waals surface area (Å²) in [6.07, 6.45) is 3.26. The van der Waals surface area contributed by atoms with Gasteiger partial charge in [-0.3, -0.25) is 0 Å². The molecule has 0 aromatic heterocycles. The van der Waals surface area contributed by atoms with Crippen LogP contribution in [0.25, 0.3) is 0 Å². The Balaban J connectivity index is 2.06. The fourth-order valence-electron chi connectivity index (χ4n) is 6.47. The fourth-order valence-corrected chi connectivity index (χ4v) is 6.47. The molecule has 0 aromatic rings. The number of aliphatic hydroxyl groups is 3. The molecule has 0 radical (unpaired) electrons. The summed E-state index contributed by atoms with van der Waals surface area (Å²) in [5.41, 5.74) is -2.11. The molecule has 1 aliphatic heterocycles. The molecule has 3 aliphatic rings. The van der Waals surface area contributed by atoms with Crippen LogP contribution in [0.15, 0.2) is 12.7 Å². The zero-order chi connectivity index (χ0) is 18.1. The number of aliphatic hydroxyl groups excluding tert-OH is 2. The van der Waals surface area contributed by atoms with Gasteiger partial charge in [-0.25, -0.2) is 0 Å². The lowest BCUT2D eigenvalue weighted by atomic mass is 9.44. The summed E-state index contributed by atoms with van der Waals surface area (Å²) in [7, 11) is 0. The highest BCUT2D eigenvalue weighted by molar-refractivity contribution is 5.19. The van der Waals surface area contributed by atoms with Crippen molar-refractivity contribution in [2.75, 3.05) is 0 Å². The lowest BCUT2D eigenvalue weighted by molar-refractivity contribution is -0.262. The molecule has 24 heavy (non-hydrogen) atoms. The zero-order valence-corrected chi connectivity index (χ0v) is 15.7. The summed E-state index contributed by atoms with van der Waals surface area (Å²) in [6.45, 7) is 14.0. The number of hydrogen-bond donors (Lipinski definition) is 3. The number of rotatable bonds is 2. The molecule has 8 atom stereocenters. The Hall–Kier alpha value is -0.420. The van der Waals surface area contributed by atoms with E-state index in [1.54, 1.807) is 6.92 Å². The first-order chi connectivity index (χ1) is 10.9. The smallest absolute Gasteiger partial charge is 0.109 e. The minimum absolute atomic E-state index is 0.0201. The molecule has 2 saturated carbocycles. The maximum Gasteiger partial charge on any atom is 0.109 e. The molecule has 4 nitrogen and oxygen atoms in total. The second-order valence-electron chi connectivity index (χ2n) is 9.77. The van der Waals surface area contributed by atoms with Crippen LogP contribution in [-0.4, -0.2) is 44.8 Å². The predicted octanol–water partition coefficient (Wildman–Crippen LogP) is 2.66. The second kappa shape index (κ2) is 5.29. The van der Waals surface area contributed by atoms with E-state index in [4.69, 9.17) is 4.74 Å². The molecular formula is C20H34O4. The lowest BCUT2D eigenvalue weighted by Crippen LogP contribution is -2.68. The van der Waals surface area contributed by atoms with Crippen molar-refractivity contribution in [1.82, 2.24) is 0 Å². The predicted molar refractivity (Wildman–Crippen MR) is 93.4 cm³/mol. The molecular weight excluding hydrogens is 304 g/mol. The van der Waals surface area contributed by atoms with Gasteiger partial charge in [-0.1, -0.05) is 33.3 Å². The van der Waals surface area contributed by atoms with Crippen molar-refractivity contribution in [3.8, 4) is 0 Å². The van der Waals surface area contributed by atoms with Gasteiger partial charge in [0.15, 0.2) is 0 Å². The Morgan fingerprint density at radius 2 is 1.79 bits per heavy atom. The Labute approximate surface area is 145 Å². The van der Waals surface area contributed by atoms with Gasteiger partial charge in [0.05, 0.1) is 17.8 Å². The Morgan fingerprint density at radius 1 is 1.17 bits per heavy atom. The average molecular weight is 338 g/mol. The largest absolute Gasteiger partial charge is 0.390 e. The van der Waals surface area contributed by atoms with E-state index in [1.807, 2.05) is 6.92 Å². The lowest BCUT2D eigenvalue weighted by Gasteiger charge is -2.63. The maximum atomic E-state index is 11.0. The van der Waals surface area contributed by atoms with Crippen molar-refractivity contribution in [2.45, 2.75) is 89.8 Å². The van der Waals surface area contributed by atoms with E-state index in [9.17, 15) is 15.3 Å². The van der Waals surface area contributed by atoms with Crippen LogP contribution < -0.4 is 0 Å². The van der Waals surface area contributed by atoms with Gasteiger partial charge in [0.2, 0.25) is 0 Å². The highest BCUT2D eigenvalue weighted by Gasteiger charge is 2.69. The van der Waals surface area contributed by atoms with Gasteiger partial charge in [0.25, 0.3) is 0 Å². The molecule has 0 bridgehead atoms. The van der Waals surface area contributed by atoms with Crippen molar-refractivity contribution in [2.24, 2.45) is 22.7 Å². The monoisotopic (exact) mass is 338 g/mol. The molecule has 3 N–H and O–H groups in total. The molecule has 3 rings (SSSR count). The topological polar surface area (TPSA) is 69.9 Å². The molecule has 0 unspecified atom stereocenters. The van der Waals surface area contributed by atoms with Crippen LogP contribution in [0.3, 0.4) is 0 Å². The first kappa shape index (κ1) is 18.4. The third-order valence-corrected chi connectivity index (χ3v) is 7.74. The Bertz CT molecular complexity index is 528. The maximum absolute atomic E-state index is 11.0. The third-order valence-electron chi connectivity index (χ3n) is 7.74. The van der Waals surface area contributed by atoms with Crippen LogP contribution in [0.1, 0.15) is 60.3 Å². The summed E-state index contributed by atoms with van der Waals surface area (Å²) in [5, 5.41) is 32.6. The van der Waals surface area contributed by atoms with Crippen LogP contribution in [0.2, 0.25) is 0 Å². The van der Waals surface area contributed by atoms with Crippen molar-refractivity contribution in [3.63, 3.8) is 0 Å². The van der Waals surface area contributed by atoms with Gasteiger partial charge in [0, 0.05) is 0 Å². The second-order valence-corrected chi connectivity index (χ2v) is 9.77. The Morgan fingerprint density at radius 3 is 2.38 bits per heavy atom. The minimum Gasteiger partial charge on any atom is -0.390 e. The molecule has 1 saturated heterocycles. The normalized spacial score (nSPS) is 52.9. The summed E-state index contributed by atoms with van der Waals surface area (Å²) < 4.78 is 6.24. The van der Waals surface area contributed by atoms with Gasteiger partial charge >= 0.3 is 0 Å². The van der Waals surface area contributed by atoms with Crippen molar-refractivity contribution in [1.29, 1.82) is 0 Å². The van der Waals surface area contributed by atoms with Gasteiger partial charge in [0.1, 0.15) is 11.7 Å². The average Bonchev–Trinajstić information content (AvgIpc) is 2.85. The minimum atomic E-state index is -1.14. The molecule has 0 amide bonds. The molecule has 1 heterocycles. The van der Waals surface area contributed by atoms with Crippen molar-refractivity contribution < 1.29 is 20.1 Å². The van der Waals surface area contributed by atoms with E-state index in [0.29, 0.717) is 6.42 Å². The summed E-state index contributed by atoms with van der Waals surface area (Å²) in [5.74, 6) is 0.132. The van der Waals surface area contributed by atoms with E-state index in [0.717, 1.165) is 19.3 Å². The van der Waals surface area contributed by atoms with Crippen LogP contribution >= 0.6 is 0 Å². The number of ether oxygens (including phenoxy) is 1. The molecule has 0 aromatic carbocycles. The van der Waals surface area contributed by atoms with Crippen LogP contribution in [0.5, 0.6) is 0 Å². The summed E-state index contributed by atoms with van der Waals surface area (Å²) >= 11 is 0. The van der Waals surface area contributed by atoms with E-state index >= 15 is 0 Å². The third kappa shape index (κ3) is 2.26. The number of fused-ring (bicyclic) bond motifs is 3. The Kier molecular flexibility index (Phi) is 4.05. The van der Waals surface area contributed by atoms with Crippen molar-refractivity contribution in [3.05, 3.63) is 12.7 Å². The van der Waals surface area contributed by atoms with E-state index in [2.05, 4.69) is 27.4 Å². The molecule has 0 spiro atoms. The van der Waals surface area contributed by atoms with Gasteiger partial charge in [-0.2, -0.15) is 0 Å². The first-order valence-corrected chi connectivity index (χ1v) is 9.30. The molecule has 138 valence electrons. The zero-order valence-electron chi connectivity index (χ0n) is 15.7. The van der Waals surface area contributed by atoms with Gasteiger partial charge < -0.3 is 20.1 Å². The van der Waals surface area contributed by atoms with Crippen molar-refractivity contribution >= 4 is 0 Å². The summed E-state index contributed by atoms with van der Waals surface area (Å²) in [4.78, 5) is 0.